The zero-order chi connectivity index (χ0) is 17.3. The number of aryl methyl sites for hydroxylation is 1. The molecule has 0 aromatic heterocycles. The van der Waals surface area contributed by atoms with Crippen molar-refractivity contribution in [2.24, 2.45) is 11.3 Å². The van der Waals surface area contributed by atoms with Gasteiger partial charge in [-0.25, -0.2) is 0 Å². The van der Waals surface area contributed by atoms with Crippen LogP contribution < -0.4 is 5.32 Å². The van der Waals surface area contributed by atoms with E-state index < -0.39 is 17.3 Å². The number of nitrogens with one attached hydrogen (secondary N) is 1. The number of carbonyl (C=O) groups is 3. The van der Waals surface area contributed by atoms with Gasteiger partial charge in [-0.2, -0.15) is 0 Å². The predicted octanol–water partition coefficient (Wildman–Crippen LogP) is 1.32. The molecule has 1 saturated carbocycles. The first-order chi connectivity index (χ1) is 11.4. The van der Waals surface area contributed by atoms with Crippen LogP contribution in [0.5, 0.6) is 0 Å². The third kappa shape index (κ3) is 3.42. The number of carboxylic acid groups (broad SMARTS) is 1. The molecule has 2 aliphatic rings. The van der Waals surface area contributed by atoms with Crippen LogP contribution in [0.3, 0.4) is 0 Å². The van der Waals surface area contributed by atoms with Gasteiger partial charge in [-0.3, -0.25) is 14.4 Å². The summed E-state index contributed by atoms with van der Waals surface area (Å²) in [6.45, 7) is 3.05. The van der Waals surface area contributed by atoms with Gasteiger partial charge < -0.3 is 15.3 Å². The van der Waals surface area contributed by atoms with Crippen LogP contribution in [0.2, 0.25) is 0 Å². The summed E-state index contributed by atoms with van der Waals surface area (Å²) in [6.07, 6.45) is 1.40. The molecule has 3 rings (SSSR count). The fourth-order valence-corrected chi connectivity index (χ4v) is 3.03. The number of carboxylic acids is 1. The Morgan fingerprint density at radius 1 is 1.29 bits per heavy atom. The highest BCUT2D eigenvalue weighted by atomic mass is 16.4. The zero-order valence-electron chi connectivity index (χ0n) is 13.7. The van der Waals surface area contributed by atoms with Gasteiger partial charge >= 0.3 is 5.97 Å². The largest absolute Gasteiger partial charge is 0.481 e. The number of rotatable bonds is 6. The molecule has 2 N–H and O–H groups in total. The maximum Gasteiger partial charge on any atom is 0.311 e. The Kier molecular flexibility index (Phi) is 4.30. The molecule has 0 spiro atoms. The van der Waals surface area contributed by atoms with Gasteiger partial charge in [0.25, 0.3) is 0 Å². The van der Waals surface area contributed by atoms with E-state index in [1.54, 1.807) is 4.90 Å². The van der Waals surface area contributed by atoms with E-state index in [-0.39, 0.29) is 24.8 Å². The van der Waals surface area contributed by atoms with Gasteiger partial charge in [-0.05, 0) is 25.3 Å². The number of aliphatic carboxylic acids is 1. The van der Waals surface area contributed by atoms with Crippen LogP contribution in [-0.2, 0) is 20.9 Å². The summed E-state index contributed by atoms with van der Waals surface area (Å²) in [5.74, 6) is -1.50. The zero-order valence-corrected chi connectivity index (χ0v) is 13.7. The fourth-order valence-electron chi connectivity index (χ4n) is 3.03. The lowest BCUT2D eigenvalue weighted by Gasteiger charge is -2.17. The van der Waals surface area contributed by atoms with Crippen molar-refractivity contribution in [3.8, 4) is 0 Å². The molecule has 0 bridgehead atoms. The van der Waals surface area contributed by atoms with Gasteiger partial charge in [0.1, 0.15) is 0 Å². The van der Waals surface area contributed by atoms with Gasteiger partial charge in [-0.15, -0.1) is 0 Å². The van der Waals surface area contributed by atoms with Crippen LogP contribution in [0, 0.1) is 18.3 Å². The maximum absolute atomic E-state index is 12.2. The van der Waals surface area contributed by atoms with E-state index in [2.05, 4.69) is 5.32 Å². The van der Waals surface area contributed by atoms with Crippen LogP contribution in [0.25, 0.3) is 0 Å². The SMILES string of the molecule is Cc1ccc(CN2CC(C(=O)NCC3(C(=O)O)CC3)CC2=O)cc1. The van der Waals surface area contributed by atoms with Crippen molar-refractivity contribution >= 4 is 17.8 Å². The first kappa shape index (κ1) is 16.5. The normalized spacial score (nSPS) is 21.6. The third-order valence-electron chi connectivity index (χ3n) is 4.99. The van der Waals surface area contributed by atoms with E-state index in [9.17, 15) is 14.4 Å². The van der Waals surface area contributed by atoms with Crippen molar-refractivity contribution in [3.05, 3.63) is 35.4 Å². The molecular formula is C18H22N2O4. The Morgan fingerprint density at radius 2 is 1.96 bits per heavy atom. The molecule has 1 aromatic carbocycles. The second-order valence-corrected chi connectivity index (χ2v) is 6.96. The molecule has 0 radical (unpaired) electrons. The van der Waals surface area contributed by atoms with Gasteiger partial charge in [-0.1, -0.05) is 29.8 Å². The first-order valence-electron chi connectivity index (χ1n) is 8.24. The lowest BCUT2D eigenvalue weighted by Crippen LogP contribution is -2.38. The highest BCUT2D eigenvalue weighted by molar-refractivity contribution is 5.89. The molecule has 6 nitrogen and oxygen atoms in total. The minimum Gasteiger partial charge on any atom is -0.481 e. The number of hydrogen-bond donors (Lipinski definition) is 2. The van der Waals surface area contributed by atoms with Crippen molar-refractivity contribution in [1.82, 2.24) is 10.2 Å². The highest BCUT2D eigenvalue weighted by Gasteiger charge is 2.50. The Bertz CT molecular complexity index is 664. The molecule has 1 saturated heterocycles. The van der Waals surface area contributed by atoms with Gasteiger partial charge in [0, 0.05) is 26.1 Å². The molecule has 1 aromatic rings. The maximum atomic E-state index is 12.2. The minimum absolute atomic E-state index is 0.0323. The average molecular weight is 330 g/mol. The van der Waals surface area contributed by atoms with Crippen LogP contribution >= 0.6 is 0 Å². The lowest BCUT2D eigenvalue weighted by molar-refractivity contribution is -0.143. The predicted molar refractivity (Wildman–Crippen MR) is 87.0 cm³/mol. The number of amides is 2. The molecule has 1 unspecified atom stereocenters. The van der Waals surface area contributed by atoms with E-state index in [1.165, 1.54) is 0 Å². The van der Waals surface area contributed by atoms with E-state index in [4.69, 9.17) is 5.11 Å². The molecule has 2 fully saturated rings. The summed E-state index contributed by atoms with van der Waals surface area (Å²) in [4.78, 5) is 37.2. The summed E-state index contributed by atoms with van der Waals surface area (Å²) >= 11 is 0. The molecule has 1 atom stereocenters. The fraction of sp³-hybridized carbons (Fsp3) is 0.500. The molecule has 2 amide bonds. The number of benzene rings is 1. The highest BCUT2D eigenvalue weighted by Crippen LogP contribution is 2.45. The second kappa shape index (κ2) is 6.26. The molecule has 1 aliphatic carbocycles. The summed E-state index contributed by atoms with van der Waals surface area (Å²) < 4.78 is 0. The van der Waals surface area contributed by atoms with Crippen molar-refractivity contribution in [1.29, 1.82) is 0 Å². The van der Waals surface area contributed by atoms with E-state index in [0.717, 1.165) is 11.1 Å². The number of nitrogens with zero attached hydrogens (tertiary/aromatic N) is 1. The summed E-state index contributed by atoms with van der Waals surface area (Å²) in [7, 11) is 0. The van der Waals surface area contributed by atoms with Crippen molar-refractivity contribution in [2.45, 2.75) is 32.7 Å². The Hall–Kier alpha value is -2.37. The Morgan fingerprint density at radius 3 is 2.54 bits per heavy atom. The molecule has 128 valence electrons. The van der Waals surface area contributed by atoms with Crippen molar-refractivity contribution < 1.29 is 19.5 Å². The van der Waals surface area contributed by atoms with E-state index in [0.29, 0.717) is 25.9 Å². The topological polar surface area (TPSA) is 86.7 Å². The van der Waals surface area contributed by atoms with Crippen LogP contribution in [0.1, 0.15) is 30.4 Å². The van der Waals surface area contributed by atoms with E-state index >= 15 is 0 Å². The number of likely N-dealkylation sites (tertiary alicyclic amines) is 1. The van der Waals surface area contributed by atoms with Crippen molar-refractivity contribution in [2.75, 3.05) is 13.1 Å². The smallest absolute Gasteiger partial charge is 0.311 e. The number of carbonyl (C=O) groups excluding carboxylic acids is 2. The Labute approximate surface area is 140 Å². The second-order valence-electron chi connectivity index (χ2n) is 6.96. The third-order valence-corrected chi connectivity index (χ3v) is 4.99. The molecule has 6 heteroatoms. The first-order valence-corrected chi connectivity index (χ1v) is 8.24. The molecular weight excluding hydrogens is 308 g/mol. The molecule has 1 heterocycles. The summed E-state index contributed by atoms with van der Waals surface area (Å²) in [6, 6.07) is 7.97. The van der Waals surface area contributed by atoms with Crippen LogP contribution in [0.4, 0.5) is 0 Å². The van der Waals surface area contributed by atoms with Crippen LogP contribution in [0.15, 0.2) is 24.3 Å². The van der Waals surface area contributed by atoms with Crippen LogP contribution in [-0.4, -0.2) is 40.9 Å². The van der Waals surface area contributed by atoms with Crippen molar-refractivity contribution in [3.63, 3.8) is 0 Å². The number of hydrogen-bond acceptors (Lipinski definition) is 3. The minimum atomic E-state index is -0.855. The lowest BCUT2D eigenvalue weighted by atomic mass is 10.1. The monoisotopic (exact) mass is 330 g/mol. The molecule has 24 heavy (non-hydrogen) atoms. The average Bonchev–Trinajstić information content (AvgIpc) is 3.26. The van der Waals surface area contributed by atoms with E-state index in [1.807, 2.05) is 31.2 Å². The van der Waals surface area contributed by atoms with Gasteiger partial charge in [0.2, 0.25) is 11.8 Å². The quantitative estimate of drug-likeness (QED) is 0.824. The van der Waals surface area contributed by atoms with Gasteiger partial charge in [0.15, 0.2) is 0 Å². The Balaban J connectivity index is 1.53. The molecule has 1 aliphatic heterocycles. The summed E-state index contributed by atoms with van der Waals surface area (Å²) in [5.41, 5.74) is 1.42. The summed E-state index contributed by atoms with van der Waals surface area (Å²) in [5, 5.41) is 11.9. The standard InChI is InChI=1S/C18H22N2O4/c1-12-2-4-13(5-3-12)9-20-10-14(8-15(20)21)16(22)19-11-18(6-7-18)17(23)24/h2-5,14H,6-11H2,1H3,(H,19,22)(H,23,24). The van der Waals surface area contributed by atoms with Gasteiger partial charge in [0.05, 0.1) is 11.3 Å².